The van der Waals surface area contributed by atoms with E-state index >= 15 is 0 Å². The van der Waals surface area contributed by atoms with Gasteiger partial charge in [0.1, 0.15) is 0 Å². The van der Waals surface area contributed by atoms with E-state index in [2.05, 4.69) is 0 Å². The molecule has 0 aliphatic carbocycles. The van der Waals surface area contributed by atoms with Gasteiger partial charge in [-0.15, -0.1) is 0 Å². The fraction of sp³-hybridized carbons (Fsp3) is 0.800. The predicted octanol–water partition coefficient (Wildman–Crippen LogP) is 3.63. The van der Waals surface area contributed by atoms with E-state index in [1.54, 1.807) is 6.08 Å². The summed E-state index contributed by atoms with van der Waals surface area (Å²) in [4.78, 5) is 11.3. The zero-order valence-electron chi connectivity index (χ0n) is 11.4. The molecule has 0 saturated heterocycles. The van der Waals surface area contributed by atoms with E-state index < -0.39 is 0 Å². The van der Waals surface area contributed by atoms with Gasteiger partial charge in [0.15, 0.2) is 0 Å². The number of allylic oxidation sites excluding steroid dienone is 1. The van der Waals surface area contributed by atoms with Gasteiger partial charge in [-0.25, -0.2) is 4.79 Å². The van der Waals surface area contributed by atoms with Gasteiger partial charge in [-0.2, -0.15) is 0 Å². The molecule has 1 rings (SSSR count). The fourth-order valence-electron chi connectivity index (χ4n) is 1.98. The summed E-state index contributed by atoms with van der Waals surface area (Å²) >= 11 is 0. The van der Waals surface area contributed by atoms with Gasteiger partial charge in [-0.3, -0.25) is 0 Å². The normalized spacial score (nSPS) is 23.9. The second-order valence-corrected chi connectivity index (χ2v) is 4.80. The summed E-state index contributed by atoms with van der Waals surface area (Å²) < 4.78 is 10.7. The molecule has 0 aromatic carbocycles. The molecule has 0 radical (unpaired) electrons. The number of hydrogen-bond acceptors (Lipinski definition) is 3. The van der Waals surface area contributed by atoms with Crippen LogP contribution in [-0.4, -0.2) is 25.8 Å². The van der Waals surface area contributed by atoms with Gasteiger partial charge in [0.05, 0.1) is 6.61 Å². The van der Waals surface area contributed by atoms with E-state index in [4.69, 9.17) is 9.47 Å². The lowest BCUT2D eigenvalue weighted by molar-refractivity contribution is -0.137. The zero-order chi connectivity index (χ0) is 12.9. The highest BCUT2D eigenvalue weighted by Gasteiger charge is 1.98. The Labute approximate surface area is 111 Å². The van der Waals surface area contributed by atoms with Gasteiger partial charge in [0, 0.05) is 19.3 Å². The van der Waals surface area contributed by atoms with Gasteiger partial charge in [0.2, 0.25) is 0 Å². The van der Waals surface area contributed by atoms with Crippen molar-refractivity contribution in [3.05, 3.63) is 12.2 Å². The minimum absolute atomic E-state index is 0.192. The second kappa shape index (κ2) is 11.3. The molecule has 0 unspecified atom stereocenters. The van der Waals surface area contributed by atoms with E-state index in [9.17, 15) is 4.79 Å². The Kier molecular flexibility index (Phi) is 9.54. The van der Waals surface area contributed by atoms with E-state index in [0.717, 1.165) is 58.2 Å². The van der Waals surface area contributed by atoms with Crippen molar-refractivity contribution in [3.8, 4) is 0 Å². The van der Waals surface area contributed by atoms with Crippen LogP contribution in [0.3, 0.4) is 0 Å². The molecule has 104 valence electrons. The third kappa shape index (κ3) is 9.23. The number of ether oxygens (including phenoxy) is 2. The van der Waals surface area contributed by atoms with Gasteiger partial charge in [0.25, 0.3) is 0 Å². The van der Waals surface area contributed by atoms with Crippen LogP contribution < -0.4 is 0 Å². The molecule has 0 bridgehead atoms. The summed E-state index contributed by atoms with van der Waals surface area (Å²) in [5.41, 5.74) is 0. The Morgan fingerprint density at radius 1 is 0.778 bits per heavy atom. The Morgan fingerprint density at radius 3 is 2.11 bits per heavy atom. The monoisotopic (exact) mass is 254 g/mol. The SMILES string of the molecule is O=C1/C=C\CCCCCCOCCCCCCO1. The maximum absolute atomic E-state index is 11.3. The van der Waals surface area contributed by atoms with E-state index in [0.29, 0.717) is 6.61 Å². The largest absolute Gasteiger partial charge is 0.463 e. The lowest BCUT2D eigenvalue weighted by atomic mass is 10.1. The van der Waals surface area contributed by atoms with Crippen LogP contribution in [0.4, 0.5) is 0 Å². The maximum atomic E-state index is 11.3. The summed E-state index contributed by atoms with van der Waals surface area (Å²) in [5.74, 6) is -0.192. The summed E-state index contributed by atoms with van der Waals surface area (Å²) in [6.45, 7) is 2.32. The number of esters is 1. The van der Waals surface area contributed by atoms with Gasteiger partial charge >= 0.3 is 5.97 Å². The summed E-state index contributed by atoms with van der Waals surface area (Å²) in [6.07, 6.45) is 13.5. The molecule has 0 aromatic heterocycles. The first kappa shape index (κ1) is 15.2. The number of carbonyl (C=O) groups excluding carboxylic acids is 1. The Hall–Kier alpha value is -0.830. The average Bonchev–Trinajstić information content (AvgIpc) is 2.37. The van der Waals surface area contributed by atoms with Crippen molar-refractivity contribution >= 4 is 5.97 Å². The van der Waals surface area contributed by atoms with Crippen LogP contribution >= 0.6 is 0 Å². The fourth-order valence-corrected chi connectivity index (χ4v) is 1.98. The molecule has 0 amide bonds. The van der Waals surface area contributed by atoms with E-state index in [1.807, 2.05) is 6.08 Å². The van der Waals surface area contributed by atoms with Gasteiger partial charge < -0.3 is 9.47 Å². The molecule has 0 N–H and O–H groups in total. The number of carbonyl (C=O) groups is 1. The van der Waals surface area contributed by atoms with E-state index in [1.165, 1.54) is 12.8 Å². The highest BCUT2D eigenvalue weighted by Crippen LogP contribution is 2.06. The van der Waals surface area contributed by atoms with Crippen molar-refractivity contribution < 1.29 is 14.3 Å². The van der Waals surface area contributed by atoms with Crippen molar-refractivity contribution in [1.82, 2.24) is 0 Å². The van der Waals surface area contributed by atoms with Crippen LogP contribution in [0.15, 0.2) is 12.2 Å². The van der Waals surface area contributed by atoms with Crippen molar-refractivity contribution in [2.24, 2.45) is 0 Å². The Balaban J connectivity index is 2.18. The first-order valence-corrected chi connectivity index (χ1v) is 7.30. The van der Waals surface area contributed by atoms with Crippen LogP contribution in [0.5, 0.6) is 0 Å². The maximum Gasteiger partial charge on any atom is 0.330 e. The first-order chi connectivity index (χ1) is 8.89. The molecule has 3 heteroatoms. The van der Waals surface area contributed by atoms with Gasteiger partial charge in [-0.05, 0) is 38.5 Å². The minimum atomic E-state index is -0.192. The highest BCUT2D eigenvalue weighted by atomic mass is 16.5. The Morgan fingerprint density at radius 2 is 1.39 bits per heavy atom. The minimum Gasteiger partial charge on any atom is -0.463 e. The Bertz CT molecular complexity index is 236. The van der Waals surface area contributed by atoms with Crippen LogP contribution in [0.2, 0.25) is 0 Å². The van der Waals surface area contributed by atoms with Gasteiger partial charge in [-0.1, -0.05) is 25.3 Å². The van der Waals surface area contributed by atoms with Crippen LogP contribution in [-0.2, 0) is 14.3 Å². The molecular weight excluding hydrogens is 228 g/mol. The molecular formula is C15H26O3. The second-order valence-electron chi connectivity index (χ2n) is 4.80. The number of hydrogen-bond donors (Lipinski definition) is 0. The van der Waals surface area contributed by atoms with Crippen molar-refractivity contribution in [2.45, 2.75) is 57.8 Å². The van der Waals surface area contributed by atoms with E-state index in [-0.39, 0.29) is 5.97 Å². The summed E-state index contributed by atoms with van der Waals surface area (Å²) in [6, 6.07) is 0. The lowest BCUT2D eigenvalue weighted by Gasteiger charge is -2.04. The van der Waals surface area contributed by atoms with Crippen molar-refractivity contribution in [2.75, 3.05) is 19.8 Å². The third-order valence-corrected chi connectivity index (χ3v) is 3.09. The molecule has 1 aliphatic rings. The summed E-state index contributed by atoms with van der Waals surface area (Å²) in [7, 11) is 0. The topological polar surface area (TPSA) is 35.5 Å². The molecule has 0 atom stereocenters. The quantitative estimate of drug-likeness (QED) is 0.619. The smallest absolute Gasteiger partial charge is 0.330 e. The number of cyclic esters (lactones) is 1. The standard InChI is InChI=1S/C15H26O3/c16-15-11-7-3-1-2-4-8-12-17-13-9-5-6-10-14-18-15/h7,11H,1-6,8-10,12-14H2/b11-7-. The summed E-state index contributed by atoms with van der Waals surface area (Å²) in [5, 5.41) is 0. The van der Waals surface area contributed by atoms with Crippen molar-refractivity contribution in [1.29, 1.82) is 0 Å². The molecule has 0 aromatic rings. The lowest BCUT2D eigenvalue weighted by Crippen LogP contribution is -2.02. The van der Waals surface area contributed by atoms with Crippen LogP contribution in [0.1, 0.15) is 57.8 Å². The molecule has 0 spiro atoms. The number of rotatable bonds is 0. The molecule has 0 fully saturated rings. The average molecular weight is 254 g/mol. The molecule has 0 saturated carbocycles. The van der Waals surface area contributed by atoms with Crippen molar-refractivity contribution in [3.63, 3.8) is 0 Å². The first-order valence-electron chi connectivity index (χ1n) is 7.30. The van der Waals surface area contributed by atoms with Crippen LogP contribution in [0, 0.1) is 0 Å². The van der Waals surface area contributed by atoms with Crippen LogP contribution in [0.25, 0.3) is 0 Å². The highest BCUT2D eigenvalue weighted by molar-refractivity contribution is 5.81. The zero-order valence-corrected chi connectivity index (χ0v) is 11.4. The predicted molar refractivity (Wildman–Crippen MR) is 72.5 cm³/mol. The molecule has 18 heavy (non-hydrogen) atoms. The molecule has 1 aliphatic heterocycles. The molecule has 3 nitrogen and oxygen atoms in total. The molecule has 1 heterocycles. The third-order valence-electron chi connectivity index (χ3n) is 3.09.